The molecule has 0 aromatic heterocycles. The van der Waals surface area contributed by atoms with E-state index in [0.29, 0.717) is 46.9 Å². The van der Waals surface area contributed by atoms with Gasteiger partial charge in [-0.25, -0.2) is 18.0 Å². The summed E-state index contributed by atoms with van der Waals surface area (Å²) in [6.07, 6.45) is 5.29. The molecular formula is C35H45Cl2N5O9S. The molecule has 3 heterocycles. The molecule has 0 unspecified atom stereocenters. The third-order valence-electron chi connectivity index (χ3n) is 10.1. The van der Waals surface area contributed by atoms with Crippen LogP contribution in [0.25, 0.3) is 0 Å². The second-order valence-corrected chi connectivity index (χ2v) is 18.1. The Hall–Kier alpha value is -3.56. The Kier molecular flexibility index (Phi) is 10.8. The summed E-state index contributed by atoms with van der Waals surface area (Å²) in [5, 5.41) is 5.75. The summed E-state index contributed by atoms with van der Waals surface area (Å²) in [5.41, 5.74) is -0.971. The van der Waals surface area contributed by atoms with Crippen molar-refractivity contribution in [2.75, 3.05) is 6.54 Å². The molecule has 2 aliphatic carbocycles. The van der Waals surface area contributed by atoms with Gasteiger partial charge in [-0.3, -0.25) is 24.0 Å². The van der Waals surface area contributed by atoms with Crippen molar-refractivity contribution in [3.8, 4) is 0 Å². The summed E-state index contributed by atoms with van der Waals surface area (Å²) in [6.45, 7) is 5.25. The van der Waals surface area contributed by atoms with E-state index in [9.17, 15) is 32.4 Å². The first-order valence-corrected chi connectivity index (χ1v) is 20.0. The molecule has 52 heavy (non-hydrogen) atoms. The Labute approximate surface area is 313 Å². The fourth-order valence-corrected chi connectivity index (χ4v) is 8.90. The number of nitrogens with zero attached hydrogens (tertiary/aromatic N) is 2. The van der Waals surface area contributed by atoms with Crippen LogP contribution in [0.3, 0.4) is 0 Å². The topological polar surface area (TPSA) is 181 Å². The smallest absolute Gasteiger partial charge is 0.410 e. The number of fused-ring (bicyclic) bond motifs is 3. The standard InChI is InChI=1S/C35H45Cl2N5O9S/c1-34(2,3)51-32(46)38-27-10-8-6-4-5-7-9-20-16-35(20,31(45)40-52(48,49)22-11-12-22)39-29(43)28-15-21(17-42(28)30(27)44)50-33(47)41-18-23-24(19-41)26(37)14-13-25(23)36/h7,9,13-14,20-22,27-28H,4-6,8,10-12,15-19H2,1-3H3,(H,38,46)(H,39,43)(H,40,45)/t20-,21-,27+,28+,35-/m1/s1. The molecule has 284 valence electrons. The Morgan fingerprint density at radius 1 is 1.00 bits per heavy atom. The van der Waals surface area contributed by atoms with Gasteiger partial charge in [0.2, 0.25) is 21.8 Å². The molecule has 17 heteroatoms. The molecule has 1 aromatic rings. The number of nitrogens with one attached hydrogen (secondary N) is 3. The number of sulfonamides is 1. The first-order chi connectivity index (χ1) is 24.5. The molecule has 5 amide bonds. The first-order valence-electron chi connectivity index (χ1n) is 17.7. The van der Waals surface area contributed by atoms with Gasteiger partial charge in [0.05, 0.1) is 24.9 Å². The Morgan fingerprint density at radius 2 is 1.67 bits per heavy atom. The molecule has 1 saturated heterocycles. The third kappa shape index (κ3) is 8.46. The minimum absolute atomic E-state index is 0.108. The lowest BCUT2D eigenvalue weighted by atomic mass is 10.0. The van der Waals surface area contributed by atoms with Crippen LogP contribution in [0.4, 0.5) is 9.59 Å². The monoisotopic (exact) mass is 781 g/mol. The van der Waals surface area contributed by atoms with Crippen molar-refractivity contribution in [2.45, 2.75) is 126 Å². The fraction of sp³-hybridized carbons (Fsp3) is 0.629. The summed E-state index contributed by atoms with van der Waals surface area (Å²) in [5.74, 6) is -2.58. The minimum Gasteiger partial charge on any atom is -0.444 e. The van der Waals surface area contributed by atoms with E-state index in [1.54, 1.807) is 32.9 Å². The maximum Gasteiger partial charge on any atom is 0.410 e. The Morgan fingerprint density at radius 3 is 2.31 bits per heavy atom. The van der Waals surface area contributed by atoms with Crippen LogP contribution < -0.4 is 15.4 Å². The zero-order valence-electron chi connectivity index (χ0n) is 29.4. The summed E-state index contributed by atoms with van der Waals surface area (Å²) in [7, 11) is -3.91. The van der Waals surface area contributed by atoms with E-state index in [-0.39, 0.29) is 38.9 Å². The zero-order chi connectivity index (χ0) is 37.6. The second kappa shape index (κ2) is 14.7. The maximum atomic E-state index is 14.3. The first kappa shape index (κ1) is 38.2. The lowest BCUT2D eigenvalue weighted by molar-refractivity contribution is -0.141. The van der Waals surface area contributed by atoms with Gasteiger partial charge in [0.1, 0.15) is 29.3 Å². The van der Waals surface area contributed by atoms with Crippen molar-refractivity contribution in [3.63, 3.8) is 0 Å². The van der Waals surface area contributed by atoms with Crippen LogP contribution in [0.1, 0.15) is 89.7 Å². The molecular weight excluding hydrogens is 737 g/mol. The highest BCUT2D eigenvalue weighted by atomic mass is 35.5. The third-order valence-corrected chi connectivity index (χ3v) is 12.6. The molecule has 6 rings (SSSR count). The number of hydrogen-bond acceptors (Lipinski definition) is 9. The van der Waals surface area contributed by atoms with Crippen LogP contribution in [0, 0.1) is 5.92 Å². The van der Waals surface area contributed by atoms with Crippen LogP contribution in [0.15, 0.2) is 24.3 Å². The molecule has 0 radical (unpaired) electrons. The van der Waals surface area contributed by atoms with Gasteiger partial charge in [0.25, 0.3) is 5.91 Å². The number of benzene rings is 1. The van der Waals surface area contributed by atoms with E-state index >= 15 is 0 Å². The predicted octanol–water partition coefficient (Wildman–Crippen LogP) is 4.31. The molecule has 0 spiro atoms. The number of carbonyl (C=O) groups is 5. The van der Waals surface area contributed by atoms with Crippen LogP contribution in [0.5, 0.6) is 0 Å². The number of alkyl carbamates (subject to hydrolysis) is 1. The molecule has 3 fully saturated rings. The van der Waals surface area contributed by atoms with Gasteiger partial charge in [-0.15, -0.1) is 0 Å². The average molecular weight is 783 g/mol. The number of allylic oxidation sites excluding steroid dienone is 1. The number of ether oxygens (including phenoxy) is 2. The van der Waals surface area contributed by atoms with Gasteiger partial charge in [0.15, 0.2) is 0 Å². The number of rotatable bonds is 5. The van der Waals surface area contributed by atoms with E-state index in [4.69, 9.17) is 32.7 Å². The van der Waals surface area contributed by atoms with E-state index in [1.165, 1.54) is 9.80 Å². The van der Waals surface area contributed by atoms with Gasteiger partial charge < -0.3 is 25.0 Å². The number of amides is 5. The molecule has 14 nitrogen and oxygen atoms in total. The van der Waals surface area contributed by atoms with Crippen molar-refractivity contribution < 1.29 is 41.9 Å². The Bertz CT molecular complexity index is 1750. The SMILES string of the molecule is CC(C)(C)OC(=O)N[C@H]1CCCCCC=C[C@@H]2C[C@@]2(C(=O)NS(=O)(=O)C2CC2)NC(=O)[C@@H]2C[C@@H](OC(=O)N3Cc4c(Cl)ccc(Cl)c4C3)CN2C1=O. The van der Waals surface area contributed by atoms with Gasteiger partial charge >= 0.3 is 12.2 Å². The minimum atomic E-state index is -3.91. The molecule has 5 aliphatic rings. The van der Waals surface area contributed by atoms with Crippen molar-refractivity contribution in [2.24, 2.45) is 5.92 Å². The molecule has 3 aliphatic heterocycles. The molecule has 1 aromatic carbocycles. The maximum absolute atomic E-state index is 14.3. The van der Waals surface area contributed by atoms with Gasteiger partial charge in [-0.05, 0) is 82.6 Å². The van der Waals surface area contributed by atoms with Crippen LogP contribution in [-0.4, -0.2) is 89.2 Å². The van der Waals surface area contributed by atoms with Crippen molar-refractivity contribution in [1.82, 2.24) is 25.2 Å². The van der Waals surface area contributed by atoms with Gasteiger partial charge in [0, 0.05) is 22.4 Å². The summed E-state index contributed by atoms with van der Waals surface area (Å²) < 4.78 is 39.0. The lowest BCUT2D eigenvalue weighted by Crippen LogP contribution is -2.58. The normalized spacial score (nSPS) is 28.0. The van der Waals surface area contributed by atoms with E-state index in [2.05, 4.69) is 15.4 Å². The van der Waals surface area contributed by atoms with Crippen molar-refractivity contribution in [3.05, 3.63) is 45.5 Å². The highest BCUT2D eigenvalue weighted by Gasteiger charge is 2.62. The summed E-state index contributed by atoms with van der Waals surface area (Å²) in [4.78, 5) is 71.2. The molecule has 5 atom stereocenters. The molecule has 2 saturated carbocycles. The quantitative estimate of drug-likeness (QED) is 0.367. The molecule has 3 N–H and O–H groups in total. The number of halogens is 2. The van der Waals surface area contributed by atoms with E-state index < -0.39 is 80.4 Å². The molecule has 0 bridgehead atoms. The number of carbonyl (C=O) groups excluding carboxylic acids is 5. The highest BCUT2D eigenvalue weighted by Crippen LogP contribution is 2.46. The lowest BCUT2D eigenvalue weighted by Gasteiger charge is -2.30. The largest absolute Gasteiger partial charge is 0.444 e. The Balaban J connectivity index is 1.25. The van der Waals surface area contributed by atoms with Gasteiger partial charge in [-0.1, -0.05) is 48.2 Å². The zero-order valence-corrected chi connectivity index (χ0v) is 31.7. The highest BCUT2D eigenvalue weighted by molar-refractivity contribution is 7.91. The number of hydrogen-bond donors (Lipinski definition) is 3. The second-order valence-electron chi connectivity index (χ2n) is 15.3. The van der Waals surface area contributed by atoms with E-state index in [0.717, 1.165) is 12.8 Å². The van der Waals surface area contributed by atoms with Crippen LogP contribution in [0.2, 0.25) is 10.0 Å². The summed E-state index contributed by atoms with van der Waals surface area (Å²) in [6, 6.07) is 1.03. The van der Waals surface area contributed by atoms with E-state index in [1.807, 2.05) is 12.2 Å². The average Bonchev–Trinajstić information content (AvgIpc) is 3.94. The van der Waals surface area contributed by atoms with Crippen LogP contribution in [-0.2, 0) is 47.0 Å². The van der Waals surface area contributed by atoms with Crippen molar-refractivity contribution in [1.29, 1.82) is 0 Å². The summed E-state index contributed by atoms with van der Waals surface area (Å²) >= 11 is 12.7. The van der Waals surface area contributed by atoms with Gasteiger partial charge in [-0.2, -0.15) is 0 Å². The van der Waals surface area contributed by atoms with Crippen LogP contribution >= 0.6 is 23.2 Å². The fourth-order valence-electron chi connectivity index (χ4n) is 7.06. The van der Waals surface area contributed by atoms with Crippen molar-refractivity contribution >= 4 is 63.1 Å². The predicted molar refractivity (Wildman–Crippen MR) is 191 cm³/mol.